The highest BCUT2D eigenvalue weighted by molar-refractivity contribution is 7.99. The van der Waals surface area contributed by atoms with Crippen molar-refractivity contribution in [1.82, 2.24) is 15.5 Å². The van der Waals surface area contributed by atoms with Gasteiger partial charge in [-0.3, -0.25) is 14.9 Å². The van der Waals surface area contributed by atoms with Crippen LogP contribution >= 0.6 is 11.8 Å². The Kier molecular flexibility index (Phi) is 7.18. The number of nitrogens with one attached hydrogen (secondary N) is 2. The fraction of sp³-hybridized carbons (Fsp3) is 0.579. The molecule has 0 bridgehead atoms. The maximum atomic E-state index is 12.4. The van der Waals surface area contributed by atoms with Crippen molar-refractivity contribution in [3.05, 3.63) is 24.2 Å². The molecule has 2 N–H and O–H groups in total. The normalized spacial score (nSPS) is 22.2. The summed E-state index contributed by atoms with van der Waals surface area (Å²) in [5, 5.41) is 4.51. The van der Waals surface area contributed by atoms with Gasteiger partial charge in [0.15, 0.2) is 6.61 Å². The first-order valence-electron chi connectivity index (χ1n) is 9.66. The smallest absolute Gasteiger partial charge is 0.330 e. The summed E-state index contributed by atoms with van der Waals surface area (Å²) < 4.78 is 10.4. The van der Waals surface area contributed by atoms with E-state index in [1.807, 2.05) is 0 Å². The summed E-state index contributed by atoms with van der Waals surface area (Å²) in [7, 11) is 0. The quantitative estimate of drug-likeness (QED) is 0.695. The van der Waals surface area contributed by atoms with Gasteiger partial charge in [0, 0.05) is 18.7 Å². The molecule has 0 radical (unpaired) electrons. The van der Waals surface area contributed by atoms with Gasteiger partial charge in [-0.05, 0) is 25.0 Å². The lowest BCUT2D eigenvalue weighted by atomic mass is 9.96. The highest BCUT2D eigenvalue weighted by Crippen LogP contribution is 2.41. The molecular weight excluding hydrogens is 398 g/mol. The number of nitrogens with zero attached hydrogens (tertiary/aromatic N) is 1. The maximum absolute atomic E-state index is 12.4. The van der Waals surface area contributed by atoms with E-state index in [0.717, 1.165) is 32.1 Å². The summed E-state index contributed by atoms with van der Waals surface area (Å²) in [4.78, 5) is 49.7. The van der Waals surface area contributed by atoms with Crippen molar-refractivity contribution >= 4 is 35.6 Å². The summed E-state index contributed by atoms with van der Waals surface area (Å²) in [5.74, 6) is -0.806. The van der Waals surface area contributed by atoms with Crippen LogP contribution in [0.1, 0.15) is 50.2 Å². The number of imide groups is 1. The van der Waals surface area contributed by atoms with Crippen LogP contribution < -0.4 is 10.6 Å². The van der Waals surface area contributed by atoms with E-state index in [1.165, 1.54) is 29.8 Å². The van der Waals surface area contributed by atoms with Crippen LogP contribution in [0.2, 0.25) is 0 Å². The molecule has 9 nitrogen and oxygen atoms in total. The first kappa shape index (κ1) is 21.2. The average Bonchev–Trinajstić information content (AvgIpc) is 3.36. The molecule has 2 fully saturated rings. The van der Waals surface area contributed by atoms with Crippen LogP contribution in [0.5, 0.6) is 0 Å². The Balaban J connectivity index is 1.47. The Hall–Kier alpha value is -2.49. The van der Waals surface area contributed by atoms with Gasteiger partial charge < -0.3 is 19.4 Å². The van der Waals surface area contributed by atoms with Crippen molar-refractivity contribution in [2.45, 2.75) is 56.5 Å². The molecule has 2 aliphatic rings. The van der Waals surface area contributed by atoms with Crippen molar-refractivity contribution < 1.29 is 28.3 Å². The fourth-order valence-corrected chi connectivity index (χ4v) is 5.00. The van der Waals surface area contributed by atoms with E-state index < -0.39 is 35.9 Å². The zero-order chi connectivity index (χ0) is 20.8. The third kappa shape index (κ3) is 5.53. The number of hydrogen-bond acceptors (Lipinski definition) is 7. The lowest BCUT2D eigenvalue weighted by Gasteiger charge is -2.25. The fourth-order valence-electron chi connectivity index (χ4n) is 3.59. The molecule has 0 aromatic carbocycles. The van der Waals surface area contributed by atoms with E-state index in [4.69, 9.17) is 9.15 Å². The molecule has 2 atom stereocenters. The van der Waals surface area contributed by atoms with Crippen LogP contribution in [-0.2, 0) is 19.1 Å². The highest BCUT2D eigenvalue weighted by atomic mass is 32.2. The molecular formula is C19H25N3O6S. The number of hydrogen-bond donors (Lipinski definition) is 2. The lowest BCUT2D eigenvalue weighted by molar-refractivity contribution is -0.156. The third-order valence-corrected chi connectivity index (χ3v) is 6.24. The summed E-state index contributed by atoms with van der Waals surface area (Å²) in [6, 6.07) is 2.11. The van der Waals surface area contributed by atoms with Crippen LogP contribution in [0.25, 0.3) is 0 Å². The molecule has 29 heavy (non-hydrogen) atoms. The van der Waals surface area contributed by atoms with Crippen molar-refractivity contribution in [2.24, 2.45) is 0 Å². The van der Waals surface area contributed by atoms with Crippen molar-refractivity contribution in [3.63, 3.8) is 0 Å². The summed E-state index contributed by atoms with van der Waals surface area (Å²) in [6.45, 7) is 0.777. The van der Waals surface area contributed by atoms with E-state index >= 15 is 0 Å². The molecule has 3 rings (SSSR count). The number of rotatable bonds is 5. The predicted molar refractivity (Wildman–Crippen MR) is 105 cm³/mol. The molecule has 1 aliphatic heterocycles. The van der Waals surface area contributed by atoms with Gasteiger partial charge in [0.25, 0.3) is 5.91 Å². The van der Waals surface area contributed by atoms with Crippen LogP contribution in [0, 0.1) is 0 Å². The molecule has 1 aromatic heterocycles. The van der Waals surface area contributed by atoms with Crippen molar-refractivity contribution in [1.29, 1.82) is 0 Å². The molecule has 158 valence electrons. The first-order chi connectivity index (χ1) is 14.0. The van der Waals surface area contributed by atoms with Gasteiger partial charge in [0.2, 0.25) is 5.91 Å². The lowest BCUT2D eigenvalue weighted by Crippen LogP contribution is -2.47. The SMILES string of the molecule is CC(=O)N1[C@H](C(=O)OCC(=O)NC(=O)NC2CCCCC2)CS[C@H]1c1ccco1. The topological polar surface area (TPSA) is 118 Å². The summed E-state index contributed by atoms with van der Waals surface area (Å²) in [6.07, 6.45) is 6.57. The monoisotopic (exact) mass is 423 g/mol. The van der Waals surface area contributed by atoms with Gasteiger partial charge in [-0.2, -0.15) is 0 Å². The molecule has 1 aliphatic carbocycles. The van der Waals surface area contributed by atoms with Gasteiger partial charge in [-0.15, -0.1) is 11.8 Å². The number of carbonyl (C=O) groups is 4. The van der Waals surface area contributed by atoms with E-state index in [-0.39, 0.29) is 11.9 Å². The number of amides is 4. The van der Waals surface area contributed by atoms with Crippen LogP contribution in [0.4, 0.5) is 4.79 Å². The number of urea groups is 1. The molecule has 0 unspecified atom stereocenters. The van der Waals surface area contributed by atoms with Gasteiger partial charge in [0.1, 0.15) is 17.2 Å². The summed E-state index contributed by atoms with van der Waals surface area (Å²) >= 11 is 1.38. The second kappa shape index (κ2) is 9.82. The van der Waals surface area contributed by atoms with Gasteiger partial charge in [0.05, 0.1) is 6.26 Å². The molecule has 1 saturated carbocycles. The third-order valence-electron chi connectivity index (χ3n) is 4.96. The molecule has 10 heteroatoms. The highest BCUT2D eigenvalue weighted by Gasteiger charge is 2.43. The van der Waals surface area contributed by atoms with Crippen LogP contribution in [-0.4, -0.2) is 53.2 Å². The molecule has 2 heterocycles. The molecule has 4 amide bonds. The van der Waals surface area contributed by atoms with Crippen molar-refractivity contribution in [2.75, 3.05) is 12.4 Å². The second-order valence-electron chi connectivity index (χ2n) is 7.11. The average molecular weight is 423 g/mol. The van der Waals surface area contributed by atoms with Gasteiger partial charge >= 0.3 is 12.0 Å². The zero-order valence-electron chi connectivity index (χ0n) is 16.2. The maximum Gasteiger partial charge on any atom is 0.330 e. The standard InChI is InChI=1S/C19H25N3O6S/c1-12(23)22-14(11-29-17(22)15-8-5-9-27-15)18(25)28-10-16(24)21-19(26)20-13-6-3-2-4-7-13/h5,8-9,13-14,17H,2-4,6-7,10-11H2,1H3,(H2,20,21,24,26)/t14-,17-/m0/s1. The number of furan rings is 1. The van der Waals surface area contributed by atoms with Crippen LogP contribution in [0.3, 0.4) is 0 Å². The van der Waals surface area contributed by atoms with Gasteiger partial charge in [-0.25, -0.2) is 9.59 Å². The number of ether oxygens (including phenoxy) is 1. The number of thioether (sulfide) groups is 1. The minimum absolute atomic E-state index is 0.0669. The molecule has 1 aromatic rings. The molecule has 0 spiro atoms. The Morgan fingerprint density at radius 1 is 1.24 bits per heavy atom. The largest absolute Gasteiger partial charge is 0.466 e. The minimum atomic E-state index is -0.823. The Morgan fingerprint density at radius 3 is 2.66 bits per heavy atom. The van der Waals surface area contributed by atoms with E-state index in [1.54, 1.807) is 12.1 Å². The zero-order valence-corrected chi connectivity index (χ0v) is 17.0. The molecule has 1 saturated heterocycles. The van der Waals surface area contributed by atoms with Gasteiger partial charge in [-0.1, -0.05) is 19.3 Å². The van der Waals surface area contributed by atoms with Crippen molar-refractivity contribution in [3.8, 4) is 0 Å². The Bertz CT molecular complexity index is 747. The predicted octanol–water partition coefficient (Wildman–Crippen LogP) is 1.94. The van der Waals surface area contributed by atoms with E-state index in [2.05, 4.69) is 10.6 Å². The van der Waals surface area contributed by atoms with Crippen LogP contribution in [0.15, 0.2) is 22.8 Å². The Labute approximate surface area is 172 Å². The van der Waals surface area contributed by atoms with E-state index in [0.29, 0.717) is 11.5 Å². The second-order valence-corrected chi connectivity index (χ2v) is 8.22. The Morgan fingerprint density at radius 2 is 2.00 bits per heavy atom. The summed E-state index contributed by atoms with van der Waals surface area (Å²) in [5.41, 5.74) is 0. The first-order valence-corrected chi connectivity index (χ1v) is 10.7. The minimum Gasteiger partial charge on any atom is -0.466 e. The van der Waals surface area contributed by atoms with E-state index in [9.17, 15) is 19.2 Å². The number of carbonyl (C=O) groups excluding carboxylic acids is 4. The number of esters is 1.